The summed E-state index contributed by atoms with van der Waals surface area (Å²) in [6, 6.07) is -5.43. The zero-order chi connectivity index (χ0) is 25.1. The van der Waals surface area contributed by atoms with E-state index in [0.29, 0.717) is 12.1 Å². The molecule has 9 N–H and O–H groups in total. The maximum atomic E-state index is 12.8. The van der Waals surface area contributed by atoms with Crippen LogP contribution >= 0.6 is 0 Å². The van der Waals surface area contributed by atoms with Gasteiger partial charge in [0.05, 0.1) is 25.4 Å². The van der Waals surface area contributed by atoms with Crippen LogP contribution in [-0.2, 0) is 30.4 Å². The lowest BCUT2D eigenvalue weighted by Crippen LogP contribution is -2.59. The van der Waals surface area contributed by atoms with E-state index in [0.717, 1.165) is 0 Å². The number of carboxylic acids is 2. The predicted octanol–water partition coefficient (Wildman–Crippen LogP) is -2.67. The summed E-state index contributed by atoms with van der Waals surface area (Å²) < 4.78 is 0. The minimum atomic E-state index is -1.50. The average molecular weight is 470 g/mol. The number of H-pyrrole nitrogens is 1. The second-order valence-corrected chi connectivity index (χ2v) is 7.50. The van der Waals surface area contributed by atoms with E-state index in [4.69, 9.17) is 10.8 Å². The normalized spacial score (nSPS) is 15.4. The van der Waals surface area contributed by atoms with Crippen LogP contribution in [0.25, 0.3) is 0 Å². The Labute approximate surface area is 189 Å². The van der Waals surface area contributed by atoms with Gasteiger partial charge in [0.25, 0.3) is 0 Å². The van der Waals surface area contributed by atoms with Crippen LogP contribution < -0.4 is 21.7 Å². The molecule has 184 valence electrons. The molecule has 0 aromatic carbocycles. The first kappa shape index (κ1) is 27.5. The van der Waals surface area contributed by atoms with Crippen molar-refractivity contribution >= 4 is 29.7 Å². The molecule has 0 bridgehead atoms. The number of rotatable bonds is 14. The highest BCUT2D eigenvalue weighted by Crippen LogP contribution is 2.10. The molecular weight excluding hydrogens is 440 g/mol. The Hall–Kier alpha value is -3.52. The van der Waals surface area contributed by atoms with Gasteiger partial charge in [-0.3, -0.25) is 19.2 Å². The van der Waals surface area contributed by atoms with Crippen LogP contribution in [0.3, 0.4) is 0 Å². The number of hydrogen-bond acceptors (Lipinski definition) is 8. The van der Waals surface area contributed by atoms with Gasteiger partial charge in [-0.1, -0.05) is 20.3 Å². The number of aromatic amines is 1. The fourth-order valence-corrected chi connectivity index (χ4v) is 2.79. The van der Waals surface area contributed by atoms with Gasteiger partial charge in [0, 0.05) is 18.3 Å². The molecule has 0 saturated carbocycles. The molecule has 0 radical (unpaired) electrons. The molecule has 0 aliphatic rings. The molecule has 1 rings (SSSR count). The van der Waals surface area contributed by atoms with Crippen LogP contribution in [-0.4, -0.2) is 85.7 Å². The van der Waals surface area contributed by atoms with Crippen LogP contribution in [0.1, 0.15) is 32.4 Å². The zero-order valence-electron chi connectivity index (χ0n) is 18.3. The molecule has 0 saturated heterocycles. The topological polar surface area (TPSA) is 237 Å². The fourth-order valence-electron chi connectivity index (χ4n) is 2.79. The lowest BCUT2D eigenvalue weighted by molar-refractivity contribution is -0.142. The number of nitrogens with two attached hydrogens (primary N) is 1. The van der Waals surface area contributed by atoms with E-state index in [2.05, 4.69) is 25.9 Å². The number of aromatic nitrogens is 2. The van der Waals surface area contributed by atoms with E-state index < -0.39 is 72.8 Å². The first-order valence-electron chi connectivity index (χ1n) is 10.2. The van der Waals surface area contributed by atoms with E-state index >= 15 is 0 Å². The quantitative estimate of drug-likeness (QED) is 0.140. The van der Waals surface area contributed by atoms with Gasteiger partial charge in [-0.25, -0.2) is 9.78 Å². The molecular formula is C19H30N6O8. The van der Waals surface area contributed by atoms with Gasteiger partial charge in [0.15, 0.2) is 0 Å². The van der Waals surface area contributed by atoms with Crippen molar-refractivity contribution < 1.29 is 39.3 Å². The Bertz CT molecular complexity index is 830. The number of carbonyl (C=O) groups is 5. The Morgan fingerprint density at radius 2 is 1.70 bits per heavy atom. The molecule has 14 heteroatoms. The third-order valence-corrected chi connectivity index (χ3v) is 4.93. The Morgan fingerprint density at radius 1 is 1.06 bits per heavy atom. The van der Waals surface area contributed by atoms with Gasteiger partial charge in [0.1, 0.15) is 18.1 Å². The highest BCUT2D eigenvalue weighted by Gasteiger charge is 2.33. The van der Waals surface area contributed by atoms with E-state index in [1.807, 2.05) is 0 Å². The monoisotopic (exact) mass is 470 g/mol. The molecule has 0 fully saturated rings. The van der Waals surface area contributed by atoms with Gasteiger partial charge in [0.2, 0.25) is 17.7 Å². The van der Waals surface area contributed by atoms with Crippen molar-refractivity contribution in [2.75, 3.05) is 6.61 Å². The number of hydrogen-bond donors (Lipinski definition) is 8. The SMILES string of the molecule is CCC(C)C(NC(=O)C(CO)NC(=O)C(N)CC(=O)O)C(=O)NC(Cc1cnc[nH]1)C(=O)O. The smallest absolute Gasteiger partial charge is 0.326 e. The second-order valence-electron chi connectivity index (χ2n) is 7.50. The first-order valence-corrected chi connectivity index (χ1v) is 10.2. The maximum absolute atomic E-state index is 12.8. The maximum Gasteiger partial charge on any atom is 0.326 e. The minimum Gasteiger partial charge on any atom is -0.481 e. The van der Waals surface area contributed by atoms with E-state index in [1.54, 1.807) is 13.8 Å². The predicted molar refractivity (Wildman–Crippen MR) is 112 cm³/mol. The molecule has 14 nitrogen and oxygen atoms in total. The molecule has 5 unspecified atom stereocenters. The largest absolute Gasteiger partial charge is 0.481 e. The number of imidazole rings is 1. The summed E-state index contributed by atoms with van der Waals surface area (Å²) in [5.41, 5.74) is 5.93. The number of nitrogens with one attached hydrogen (secondary N) is 4. The highest BCUT2D eigenvalue weighted by atomic mass is 16.4. The highest BCUT2D eigenvalue weighted by molar-refractivity contribution is 5.94. The first-order chi connectivity index (χ1) is 15.5. The molecule has 0 spiro atoms. The summed E-state index contributed by atoms with van der Waals surface area (Å²) in [7, 11) is 0. The van der Waals surface area contributed by atoms with Crippen molar-refractivity contribution in [3.63, 3.8) is 0 Å². The Morgan fingerprint density at radius 3 is 2.18 bits per heavy atom. The van der Waals surface area contributed by atoms with E-state index in [-0.39, 0.29) is 6.42 Å². The number of aliphatic hydroxyl groups is 1. The van der Waals surface area contributed by atoms with Crippen LogP contribution in [0.2, 0.25) is 0 Å². The number of carboxylic acid groups (broad SMARTS) is 2. The number of amides is 3. The molecule has 5 atom stereocenters. The van der Waals surface area contributed by atoms with Gasteiger partial charge in [-0.15, -0.1) is 0 Å². The summed E-state index contributed by atoms with van der Waals surface area (Å²) in [4.78, 5) is 66.3. The summed E-state index contributed by atoms with van der Waals surface area (Å²) in [6.45, 7) is 2.57. The van der Waals surface area contributed by atoms with Crippen molar-refractivity contribution in [3.05, 3.63) is 18.2 Å². The van der Waals surface area contributed by atoms with Crippen molar-refractivity contribution in [2.24, 2.45) is 11.7 Å². The zero-order valence-corrected chi connectivity index (χ0v) is 18.3. The molecule has 3 amide bonds. The summed E-state index contributed by atoms with van der Waals surface area (Å²) >= 11 is 0. The van der Waals surface area contributed by atoms with Gasteiger partial charge in [-0.2, -0.15) is 0 Å². The van der Waals surface area contributed by atoms with Crippen LogP contribution in [0.5, 0.6) is 0 Å². The Kier molecular flexibility index (Phi) is 10.9. The van der Waals surface area contributed by atoms with Crippen molar-refractivity contribution in [1.29, 1.82) is 0 Å². The van der Waals surface area contributed by atoms with Gasteiger partial charge >= 0.3 is 11.9 Å². The number of aliphatic hydroxyl groups excluding tert-OH is 1. The summed E-state index contributed by atoms with van der Waals surface area (Å²) in [6.07, 6.45) is 2.47. The lowest BCUT2D eigenvalue weighted by Gasteiger charge is -2.27. The summed E-state index contributed by atoms with van der Waals surface area (Å²) in [5.74, 6) is -5.70. The van der Waals surface area contributed by atoms with Gasteiger partial charge in [-0.05, 0) is 5.92 Å². The lowest BCUT2D eigenvalue weighted by atomic mass is 9.97. The molecule has 0 aliphatic heterocycles. The van der Waals surface area contributed by atoms with E-state index in [1.165, 1.54) is 12.5 Å². The van der Waals surface area contributed by atoms with Crippen molar-refractivity contribution in [3.8, 4) is 0 Å². The standard InChI is InChI=1S/C19H30N6O8/c1-3-9(2)15(18(31)23-12(19(32)33)4-10-6-21-8-22-10)25-17(30)13(7-26)24-16(29)11(20)5-14(27)28/h6,8-9,11-13,15,26H,3-5,7,20H2,1-2H3,(H,21,22)(H,23,31)(H,24,29)(H,25,30)(H,27,28)(H,32,33). The van der Waals surface area contributed by atoms with Crippen molar-refractivity contribution in [2.45, 2.75) is 57.3 Å². The van der Waals surface area contributed by atoms with Crippen molar-refractivity contribution in [1.82, 2.24) is 25.9 Å². The number of carbonyl (C=O) groups excluding carboxylic acids is 3. The average Bonchev–Trinajstić information content (AvgIpc) is 3.26. The fraction of sp³-hybridized carbons (Fsp3) is 0.579. The molecule has 1 aromatic rings. The van der Waals surface area contributed by atoms with Crippen LogP contribution in [0, 0.1) is 5.92 Å². The molecule has 0 aliphatic carbocycles. The third-order valence-electron chi connectivity index (χ3n) is 4.93. The van der Waals surface area contributed by atoms with Crippen LogP contribution in [0.15, 0.2) is 12.5 Å². The second kappa shape index (κ2) is 13.1. The van der Waals surface area contributed by atoms with Crippen LogP contribution in [0.4, 0.5) is 0 Å². The van der Waals surface area contributed by atoms with Gasteiger partial charge < -0.3 is 42.0 Å². The number of aliphatic carboxylic acids is 2. The molecule has 1 heterocycles. The molecule has 1 aromatic heterocycles. The third kappa shape index (κ3) is 8.86. The number of nitrogens with zero attached hydrogens (tertiary/aromatic N) is 1. The minimum absolute atomic E-state index is 0.0704. The molecule has 33 heavy (non-hydrogen) atoms. The summed E-state index contributed by atoms with van der Waals surface area (Å²) in [5, 5.41) is 34.6. The van der Waals surface area contributed by atoms with E-state index in [9.17, 15) is 34.2 Å². The Balaban J connectivity index is 2.89.